The number of rotatable bonds is 5. The summed E-state index contributed by atoms with van der Waals surface area (Å²) in [5, 5.41) is 11.8. The average molecular weight is 291 g/mol. The molecule has 1 aromatic rings. The summed E-state index contributed by atoms with van der Waals surface area (Å²) in [6.07, 6.45) is 1.68. The Balaban J connectivity index is 1.88. The Bertz CT molecular complexity index is 541. The fourth-order valence-corrected chi connectivity index (χ4v) is 2.75. The first-order valence-electron chi connectivity index (χ1n) is 7.15. The van der Waals surface area contributed by atoms with Crippen molar-refractivity contribution in [2.24, 2.45) is 11.8 Å². The maximum atomic E-state index is 12.1. The largest absolute Gasteiger partial charge is 0.496 e. The van der Waals surface area contributed by atoms with E-state index in [-0.39, 0.29) is 17.7 Å². The summed E-state index contributed by atoms with van der Waals surface area (Å²) in [4.78, 5) is 23.0. The van der Waals surface area contributed by atoms with E-state index in [1.54, 1.807) is 7.11 Å². The highest BCUT2D eigenvalue weighted by molar-refractivity contribution is 5.80. The van der Waals surface area contributed by atoms with Crippen molar-refractivity contribution in [1.82, 2.24) is 5.32 Å². The first kappa shape index (κ1) is 15.4. The van der Waals surface area contributed by atoms with E-state index in [0.717, 1.165) is 16.9 Å². The lowest BCUT2D eigenvalue weighted by Gasteiger charge is -2.12. The standard InChI is InChI=1S/C16H21NO4/c1-10-3-4-11(7-14(10)21-2)9-17-15(18)12-5-6-13(8-12)16(19)20/h3-4,7,12-13H,5-6,8-9H2,1-2H3,(H,17,18)(H,19,20)/t12-,13+/m1/s1. The van der Waals surface area contributed by atoms with Crippen LogP contribution >= 0.6 is 0 Å². The number of methoxy groups -OCH3 is 1. The van der Waals surface area contributed by atoms with E-state index in [0.29, 0.717) is 25.8 Å². The second-order valence-corrected chi connectivity index (χ2v) is 5.57. The Morgan fingerprint density at radius 3 is 2.67 bits per heavy atom. The third-order valence-electron chi connectivity index (χ3n) is 4.09. The van der Waals surface area contributed by atoms with Gasteiger partial charge in [0.15, 0.2) is 0 Å². The molecule has 0 aromatic heterocycles. The molecular weight excluding hydrogens is 270 g/mol. The molecule has 0 unspecified atom stereocenters. The van der Waals surface area contributed by atoms with Crippen molar-refractivity contribution in [3.05, 3.63) is 29.3 Å². The molecule has 2 N–H and O–H groups in total. The summed E-state index contributed by atoms with van der Waals surface area (Å²) in [6, 6.07) is 5.81. The summed E-state index contributed by atoms with van der Waals surface area (Å²) in [6.45, 7) is 2.40. The van der Waals surface area contributed by atoms with E-state index in [1.165, 1.54) is 0 Å². The van der Waals surface area contributed by atoms with Crippen LogP contribution in [0.5, 0.6) is 5.75 Å². The summed E-state index contributed by atoms with van der Waals surface area (Å²) in [5.74, 6) is -0.612. The van der Waals surface area contributed by atoms with E-state index >= 15 is 0 Å². The maximum Gasteiger partial charge on any atom is 0.306 e. The van der Waals surface area contributed by atoms with Gasteiger partial charge in [-0.25, -0.2) is 0 Å². The van der Waals surface area contributed by atoms with Crippen LogP contribution in [0.25, 0.3) is 0 Å². The molecule has 1 aliphatic rings. The van der Waals surface area contributed by atoms with Crippen molar-refractivity contribution in [3.8, 4) is 5.75 Å². The number of carbonyl (C=O) groups excluding carboxylic acids is 1. The molecule has 1 fully saturated rings. The number of aliphatic carboxylic acids is 1. The van der Waals surface area contributed by atoms with E-state index in [1.807, 2.05) is 25.1 Å². The van der Waals surface area contributed by atoms with Gasteiger partial charge in [0.05, 0.1) is 13.0 Å². The van der Waals surface area contributed by atoms with Crippen LogP contribution in [-0.2, 0) is 16.1 Å². The number of nitrogens with one attached hydrogen (secondary N) is 1. The van der Waals surface area contributed by atoms with Gasteiger partial charge in [0.25, 0.3) is 0 Å². The molecule has 1 aliphatic carbocycles. The van der Waals surface area contributed by atoms with Crippen LogP contribution in [0.3, 0.4) is 0 Å². The molecule has 0 heterocycles. The monoisotopic (exact) mass is 291 g/mol. The Hall–Kier alpha value is -2.04. The lowest BCUT2D eigenvalue weighted by molar-refractivity contribution is -0.141. The van der Waals surface area contributed by atoms with E-state index in [4.69, 9.17) is 9.84 Å². The molecule has 0 aliphatic heterocycles. The number of aryl methyl sites for hydroxylation is 1. The topological polar surface area (TPSA) is 75.6 Å². The molecule has 2 atom stereocenters. The lowest BCUT2D eigenvalue weighted by atomic mass is 10.0. The zero-order chi connectivity index (χ0) is 15.4. The van der Waals surface area contributed by atoms with Crippen LogP contribution in [0.4, 0.5) is 0 Å². The number of carbonyl (C=O) groups is 2. The van der Waals surface area contributed by atoms with Crippen molar-refractivity contribution in [3.63, 3.8) is 0 Å². The summed E-state index contributed by atoms with van der Waals surface area (Å²) >= 11 is 0. The number of carboxylic acid groups (broad SMARTS) is 1. The first-order chi connectivity index (χ1) is 10.0. The van der Waals surface area contributed by atoms with Crippen molar-refractivity contribution >= 4 is 11.9 Å². The smallest absolute Gasteiger partial charge is 0.306 e. The fourth-order valence-electron chi connectivity index (χ4n) is 2.75. The Labute approximate surface area is 124 Å². The van der Waals surface area contributed by atoms with E-state index in [2.05, 4.69) is 5.32 Å². The fraction of sp³-hybridized carbons (Fsp3) is 0.500. The normalized spacial score (nSPS) is 21.0. The molecule has 21 heavy (non-hydrogen) atoms. The number of benzene rings is 1. The number of amides is 1. The number of hydrogen-bond acceptors (Lipinski definition) is 3. The van der Waals surface area contributed by atoms with Gasteiger partial charge < -0.3 is 15.2 Å². The van der Waals surface area contributed by atoms with Gasteiger partial charge in [-0.1, -0.05) is 12.1 Å². The molecule has 2 rings (SSSR count). The molecular formula is C16H21NO4. The zero-order valence-electron chi connectivity index (χ0n) is 12.4. The highest BCUT2D eigenvalue weighted by Crippen LogP contribution is 2.31. The minimum absolute atomic E-state index is 0.0571. The minimum Gasteiger partial charge on any atom is -0.496 e. The van der Waals surface area contributed by atoms with Gasteiger partial charge in [0.2, 0.25) is 5.91 Å². The Morgan fingerprint density at radius 1 is 1.33 bits per heavy atom. The number of carboxylic acids is 1. The second kappa shape index (κ2) is 6.61. The third-order valence-corrected chi connectivity index (χ3v) is 4.09. The molecule has 0 saturated heterocycles. The first-order valence-corrected chi connectivity index (χ1v) is 7.15. The predicted molar refractivity (Wildman–Crippen MR) is 78.0 cm³/mol. The molecule has 0 radical (unpaired) electrons. The second-order valence-electron chi connectivity index (χ2n) is 5.57. The Morgan fingerprint density at radius 2 is 2.05 bits per heavy atom. The van der Waals surface area contributed by atoms with Crippen LogP contribution in [0.15, 0.2) is 18.2 Å². The van der Waals surface area contributed by atoms with Crippen LogP contribution in [0.2, 0.25) is 0 Å². The highest BCUT2D eigenvalue weighted by Gasteiger charge is 2.33. The van der Waals surface area contributed by atoms with Gasteiger partial charge in [-0.2, -0.15) is 0 Å². The SMILES string of the molecule is COc1cc(CNC(=O)[C@@H]2CC[C@H](C(=O)O)C2)ccc1C. The lowest BCUT2D eigenvalue weighted by Crippen LogP contribution is -2.29. The molecule has 0 spiro atoms. The van der Waals surface area contributed by atoms with Crippen molar-refractivity contribution < 1.29 is 19.4 Å². The van der Waals surface area contributed by atoms with E-state index in [9.17, 15) is 9.59 Å². The number of hydrogen-bond donors (Lipinski definition) is 2. The van der Waals surface area contributed by atoms with Crippen LogP contribution < -0.4 is 10.1 Å². The van der Waals surface area contributed by atoms with Gasteiger partial charge >= 0.3 is 5.97 Å². The van der Waals surface area contributed by atoms with Crippen molar-refractivity contribution in [1.29, 1.82) is 0 Å². The molecule has 0 bridgehead atoms. The van der Waals surface area contributed by atoms with Crippen LogP contribution in [0.1, 0.15) is 30.4 Å². The minimum atomic E-state index is -0.798. The van der Waals surface area contributed by atoms with Crippen LogP contribution in [-0.4, -0.2) is 24.1 Å². The van der Waals surface area contributed by atoms with Gasteiger partial charge in [0.1, 0.15) is 5.75 Å². The molecule has 1 amide bonds. The van der Waals surface area contributed by atoms with Gasteiger partial charge in [-0.3, -0.25) is 9.59 Å². The number of ether oxygens (including phenoxy) is 1. The molecule has 5 nitrogen and oxygen atoms in total. The summed E-state index contributed by atoms with van der Waals surface area (Å²) in [5.41, 5.74) is 2.02. The van der Waals surface area contributed by atoms with Crippen molar-refractivity contribution in [2.75, 3.05) is 7.11 Å². The Kier molecular flexibility index (Phi) is 4.83. The van der Waals surface area contributed by atoms with Gasteiger partial charge in [-0.05, 0) is 43.4 Å². The van der Waals surface area contributed by atoms with Crippen LogP contribution in [0, 0.1) is 18.8 Å². The van der Waals surface area contributed by atoms with Gasteiger partial charge in [0, 0.05) is 12.5 Å². The predicted octanol–water partition coefficient (Wildman–Crippen LogP) is 2.12. The maximum absolute atomic E-state index is 12.1. The highest BCUT2D eigenvalue weighted by atomic mass is 16.5. The molecule has 5 heteroatoms. The van der Waals surface area contributed by atoms with E-state index < -0.39 is 5.97 Å². The molecule has 1 aromatic carbocycles. The third kappa shape index (κ3) is 3.74. The van der Waals surface area contributed by atoms with Gasteiger partial charge in [-0.15, -0.1) is 0 Å². The quantitative estimate of drug-likeness (QED) is 0.871. The average Bonchev–Trinajstić information content (AvgIpc) is 2.96. The molecule has 1 saturated carbocycles. The zero-order valence-corrected chi connectivity index (χ0v) is 12.4. The summed E-state index contributed by atoms with van der Waals surface area (Å²) < 4.78 is 5.25. The van der Waals surface area contributed by atoms with Crippen molar-refractivity contribution in [2.45, 2.75) is 32.7 Å². The summed E-state index contributed by atoms with van der Waals surface area (Å²) in [7, 11) is 1.62. The molecule has 114 valence electrons.